The molecule has 2 aromatic rings. The third-order valence-electron chi connectivity index (χ3n) is 7.19. The molecule has 2 aliphatic heterocycles. The minimum atomic E-state index is -0.370. The molecule has 0 aromatic carbocycles. The van der Waals surface area contributed by atoms with Crippen molar-refractivity contribution in [1.82, 2.24) is 20.3 Å². The fourth-order valence-corrected chi connectivity index (χ4v) is 6.34. The van der Waals surface area contributed by atoms with Crippen molar-refractivity contribution in [1.29, 1.82) is 0 Å². The molecule has 0 aliphatic carbocycles. The highest BCUT2D eigenvalue weighted by Crippen LogP contribution is 2.34. The predicted octanol–water partition coefficient (Wildman–Crippen LogP) is 5.19. The van der Waals surface area contributed by atoms with Gasteiger partial charge in [-0.2, -0.15) is 0 Å². The molecule has 268 valence electrons. The normalized spacial score (nSPS) is 18.8. The Kier molecular flexibility index (Phi) is 21.4. The third kappa shape index (κ3) is 14.5. The molecule has 2 saturated heterocycles. The lowest BCUT2D eigenvalue weighted by Gasteiger charge is -2.46. The number of hydrogen-bond acceptors (Lipinski definition) is 14. The number of hydroxylamine groups is 1. The van der Waals surface area contributed by atoms with Crippen molar-refractivity contribution in [3.63, 3.8) is 0 Å². The van der Waals surface area contributed by atoms with Gasteiger partial charge >= 0.3 is 0 Å². The molecule has 2 aliphatic rings. The summed E-state index contributed by atoms with van der Waals surface area (Å²) in [6.07, 6.45) is 6.29. The minimum Gasteiger partial charge on any atom is -0.392 e. The lowest BCUT2D eigenvalue weighted by atomic mass is 9.83. The summed E-state index contributed by atoms with van der Waals surface area (Å²) < 4.78 is 0. The second-order valence-electron chi connectivity index (χ2n) is 10.7. The summed E-state index contributed by atoms with van der Waals surface area (Å²) in [6, 6.07) is 3.77. The summed E-state index contributed by atoms with van der Waals surface area (Å²) >= 11 is 3.17. The van der Waals surface area contributed by atoms with Gasteiger partial charge in [-0.05, 0) is 71.2 Å². The Labute approximate surface area is 293 Å². The first-order valence-corrected chi connectivity index (χ1v) is 17.9. The zero-order valence-electron chi connectivity index (χ0n) is 29.6. The number of aliphatic hydroxyl groups excluding tert-OH is 1. The number of pyridine rings is 1. The maximum Gasteiger partial charge on any atom is 0.255 e. The lowest BCUT2D eigenvalue weighted by Crippen LogP contribution is -2.55. The van der Waals surface area contributed by atoms with E-state index in [0.717, 1.165) is 46.2 Å². The van der Waals surface area contributed by atoms with Crippen LogP contribution in [0, 0.1) is 13.8 Å². The highest BCUT2D eigenvalue weighted by atomic mass is 32.2. The Morgan fingerprint density at radius 2 is 1.90 bits per heavy atom. The zero-order valence-corrected chi connectivity index (χ0v) is 31.2. The van der Waals surface area contributed by atoms with Gasteiger partial charge in [0.05, 0.1) is 51.6 Å². The molecule has 2 bridgehead atoms. The predicted molar refractivity (Wildman–Crippen MR) is 198 cm³/mol. The monoisotopic (exact) mass is 706 g/mol. The van der Waals surface area contributed by atoms with Crippen LogP contribution in [0.3, 0.4) is 0 Å². The standard InChI is InChI=1S/C25H30N6O3S2.C4H11NO.C2H7NO.C2H6/c1-16-24(36-17(2)29-16)22(26-3)14-35-15-28-23-8-7-18(13-27-23)25(33)31-20-5-4-6-21(31)12-19(11-20)30-34-10-9-32;1-3(5)4(2)6;1-3-4-2;1-2/h7-9,13-14,20-21H,3-6,10-12,15H2,1-2H3,(H,27,28);3-4,6H,5H2,1-2H3;3H,1-2H3;1-2H3/b22-14-,30-19?;;;/t20-,21+;;;. The van der Waals surface area contributed by atoms with Crippen LogP contribution in [0.25, 0.3) is 5.70 Å². The van der Waals surface area contributed by atoms with Crippen LogP contribution in [-0.4, -0.2) is 95.5 Å². The topological polar surface area (TPSA) is 177 Å². The van der Waals surface area contributed by atoms with Crippen LogP contribution in [0.2, 0.25) is 0 Å². The molecule has 2 aromatic heterocycles. The fraction of sp³-hybridized carbons (Fsp3) is 0.576. The molecule has 0 spiro atoms. The summed E-state index contributed by atoms with van der Waals surface area (Å²) in [4.78, 5) is 49.2. The van der Waals surface area contributed by atoms with Gasteiger partial charge in [0.1, 0.15) is 5.82 Å². The zero-order chi connectivity index (χ0) is 36.1. The van der Waals surface area contributed by atoms with Gasteiger partial charge in [-0.25, -0.2) is 15.4 Å². The summed E-state index contributed by atoms with van der Waals surface area (Å²) in [5, 5.41) is 18.9. The van der Waals surface area contributed by atoms with Gasteiger partial charge in [0.2, 0.25) is 0 Å². The number of nitrogens with two attached hydrogens (primary N) is 1. The highest BCUT2D eigenvalue weighted by Gasteiger charge is 2.40. The number of nitrogens with one attached hydrogen (secondary N) is 2. The van der Waals surface area contributed by atoms with Crippen LogP contribution in [0.4, 0.5) is 5.82 Å². The first kappa shape index (κ1) is 42.8. The number of amides is 1. The molecule has 48 heavy (non-hydrogen) atoms. The van der Waals surface area contributed by atoms with E-state index in [0.29, 0.717) is 36.4 Å². The third-order valence-corrected chi connectivity index (χ3v) is 8.98. The molecular formula is C33H54N8O5S2. The average Bonchev–Trinajstić information content (AvgIpc) is 3.42. The Balaban J connectivity index is 0.000000830. The fourth-order valence-electron chi connectivity index (χ4n) is 4.70. The average molecular weight is 707 g/mol. The Bertz CT molecular complexity index is 1280. The number of carbonyl (C=O) groups excluding carboxylic acids is 2. The molecule has 15 heteroatoms. The van der Waals surface area contributed by atoms with Crippen molar-refractivity contribution in [2.45, 2.75) is 97.9 Å². The number of hydrogen-bond donors (Lipinski definition) is 4. The molecular weight excluding hydrogens is 653 g/mol. The van der Waals surface area contributed by atoms with Crippen molar-refractivity contribution in [2.24, 2.45) is 15.9 Å². The van der Waals surface area contributed by atoms with Crippen molar-refractivity contribution in [3.05, 3.63) is 44.9 Å². The number of rotatable bonds is 12. The van der Waals surface area contributed by atoms with E-state index in [1.807, 2.05) is 50.1 Å². The van der Waals surface area contributed by atoms with Crippen LogP contribution in [0.15, 0.2) is 33.9 Å². The van der Waals surface area contributed by atoms with Gasteiger partial charge in [-0.3, -0.25) is 14.6 Å². The molecule has 4 rings (SSSR count). The van der Waals surface area contributed by atoms with E-state index in [-0.39, 0.29) is 36.7 Å². The number of aldehydes is 1. The van der Waals surface area contributed by atoms with E-state index in [4.69, 9.17) is 15.7 Å². The van der Waals surface area contributed by atoms with E-state index in [2.05, 4.69) is 42.5 Å². The maximum atomic E-state index is 13.3. The van der Waals surface area contributed by atoms with Crippen molar-refractivity contribution in [2.75, 3.05) is 32.0 Å². The number of carbonyl (C=O) groups is 2. The van der Waals surface area contributed by atoms with Crippen molar-refractivity contribution >= 4 is 59.2 Å². The Morgan fingerprint density at radius 3 is 2.35 bits per heavy atom. The van der Waals surface area contributed by atoms with Gasteiger partial charge in [0.15, 0.2) is 12.9 Å². The summed E-state index contributed by atoms with van der Waals surface area (Å²) in [7, 11) is 3.28. The largest absolute Gasteiger partial charge is 0.392 e. The van der Waals surface area contributed by atoms with Crippen molar-refractivity contribution < 1.29 is 24.4 Å². The number of anilines is 1. The molecule has 13 nitrogen and oxygen atoms in total. The van der Waals surface area contributed by atoms with E-state index in [1.54, 1.807) is 57.3 Å². The van der Waals surface area contributed by atoms with Crippen LogP contribution in [0.5, 0.6) is 0 Å². The van der Waals surface area contributed by atoms with Crippen LogP contribution in [-0.2, 0) is 14.5 Å². The number of aliphatic imine (C=N–C) groups is 1. The first-order chi connectivity index (χ1) is 23.1. The van der Waals surface area contributed by atoms with Crippen LogP contribution >= 0.6 is 23.1 Å². The maximum absolute atomic E-state index is 13.3. The number of aromatic nitrogens is 2. The Morgan fingerprint density at radius 1 is 1.27 bits per heavy atom. The minimum absolute atomic E-state index is 0.00541. The van der Waals surface area contributed by atoms with E-state index in [9.17, 15) is 9.59 Å². The Hall–Kier alpha value is -3.21. The summed E-state index contributed by atoms with van der Waals surface area (Å²) in [5.41, 5.74) is 10.9. The molecule has 2 unspecified atom stereocenters. The molecule has 1 amide bonds. The highest BCUT2D eigenvalue weighted by molar-refractivity contribution is 8.02. The second kappa shape index (κ2) is 24.0. The number of oxime groups is 1. The first-order valence-electron chi connectivity index (χ1n) is 16.1. The van der Waals surface area contributed by atoms with Crippen LogP contribution < -0.4 is 16.5 Å². The number of aryl methyl sites for hydroxylation is 2. The molecule has 0 saturated carbocycles. The van der Waals surface area contributed by atoms with Gasteiger partial charge < -0.3 is 30.7 Å². The number of thiazole rings is 1. The number of nitrogens with zero attached hydrogens (tertiary/aromatic N) is 5. The molecule has 4 heterocycles. The van der Waals surface area contributed by atoms with Gasteiger partial charge in [0.25, 0.3) is 5.91 Å². The molecule has 5 N–H and O–H groups in total. The summed E-state index contributed by atoms with van der Waals surface area (Å²) in [5.74, 6) is 1.30. The smallest absolute Gasteiger partial charge is 0.255 e. The summed E-state index contributed by atoms with van der Waals surface area (Å²) in [6.45, 7) is 15.0. The van der Waals surface area contributed by atoms with Crippen LogP contribution in [0.1, 0.15) is 85.7 Å². The van der Waals surface area contributed by atoms with Gasteiger partial charge in [-0.15, -0.1) is 23.1 Å². The van der Waals surface area contributed by atoms with Gasteiger partial charge in [-0.1, -0.05) is 19.0 Å². The van der Waals surface area contributed by atoms with Gasteiger partial charge in [0, 0.05) is 44.2 Å². The van der Waals surface area contributed by atoms with E-state index in [1.165, 1.54) is 0 Å². The lowest BCUT2D eigenvalue weighted by molar-refractivity contribution is -0.111. The van der Waals surface area contributed by atoms with E-state index >= 15 is 0 Å². The number of aliphatic hydroxyl groups is 1. The SMILES string of the molecule is C=N/C(=C\SCNc1ccc(C(=O)N2[C@@H]3CCC[C@H]2CC(=NOCC=O)C3)cn1)c1sc(C)nc1C.CC.CC(N)C(C)O.CNOC. The number of thioether (sulfide) groups is 1. The number of fused-ring (bicyclic) bond motifs is 2. The molecule has 0 radical (unpaired) electrons. The van der Waals surface area contributed by atoms with Crippen molar-refractivity contribution in [3.8, 4) is 0 Å². The quantitative estimate of drug-likeness (QED) is 0.0751. The molecule has 2 fully saturated rings. The molecule has 4 atom stereocenters. The van der Waals surface area contributed by atoms with E-state index < -0.39 is 0 Å². The second-order valence-corrected chi connectivity index (χ2v) is 12.8. The number of piperidine rings is 2.